The van der Waals surface area contributed by atoms with Gasteiger partial charge in [-0.2, -0.15) is 0 Å². The SMILES string of the molecule is O=C(O)CN1CCc2nc(Cc3c(F)cccc3F)ncc2C1. The van der Waals surface area contributed by atoms with Crippen molar-refractivity contribution in [1.29, 1.82) is 0 Å². The van der Waals surface area contributed by atoms with Gasteiger partial charge < -0.3 is 5.11 Å². The van der Waals surface area contributed by atoms with Crippen LogP contribution in [0.4, 0.5) is 8.78 Å². The van der Waals surface area contributed by atoms with E-state index in [1.165, 1.54) is 18.2 Å². The molecule has 1 aromatic carbocycles. The number of aromatic nitrogens is 2. The molecule has 0 atom stereocenters. The van der Waals surface area contributed by atoms with Crippen molar-refractivity contribution in [2.45, 2.75) is 19.4 Å². The van der Waals surface area contributed by atoms with E-state index in [0.29, 0.717) is 25.3 Å². The third kappa shape index (κ3) is 3.50. The number of benzene rings is 1. The Morgan fingerprint density at radius 2 is 2.04 bits per heavy atom. The van der Waals surface area contributed by atoms with Crippen LogP contribution in [0.1, 0.15) is 22.6 Å². The number of carboxylic acids is 1. The van der Waals surface area contributed by atoms with Crippen molar-refractivity contribution in [1.82, 2.24) is 14.9 Å². The van der Waals surface area contributed by atoms with Crippen molar-refractivity contribution in [2.75, 3.05) is 13.1 Å². The van der Waals surface area contributed by atoms with Crippen molar-refractivity contribution < 1.29 is 18.7 Å². The van der Waals surface area contributed by atoms with Crippen molar-refractivity contribution in [2.24, 2.45) is 0 Å². The lowest BCUT2D eigenvalue weighted by Crippen LogP contribution is -2.35. The molecule has 0 aliphatic carbocycles. The van der Waals surface area contributed by atoms with Crippen LogP contribution in [-0.4, -0.2) is 39.0 Å². The fourth-order valence-electron chi connectivity index (χ4n) is 2.69. The molecule has 0 spiro atoms. The highest BCUT2D eigenvalue weighted by atomic mass is 19.1. The van der Waals surface area contributed by atoms with Gasteiger partial charge in [0, 0.05) is 48.9 Å². The molecule has 0 bridgehead atoms. The molecule has 5 nitrogen and oxygen atoms in total. The van der Waals surface area contributed by atoms with Crippen molar-refractivity contribution >= 4 is 5.97 Å². The first-order valence-corrected chi connectivity index (χ1v) is 7.23. The second kappa shape index (κ2) is 6.37. The number of fused-ring (bicyclic) bond motifs is 1. The van der Waals surface area contributed by atoms with Crippen LogP contribution in [0.3, 0.4) is 0 Å². The molecular weight excluding hydrogens is 304 g/mol. The average molecular weight is 319 g/mol. The number of hydrogen-bond acceptors (Lipinski definition) is 4. The van der Waals surface area contributed by atoms with Crippen LogP contribution in [0.15, 0.2) is 24.4 Å². The van der Waals surface area contributed by atoms with E-state index in [1.54, 1.807) is 11.1 Å². The summed E-state index contributed by atoms with van der Waals surface area (Å²) in [7, 11) is 0. The molecule has 0 radical (unpaired) electrons. The minimum Gasteiger partial charge on any atom is -0.480 e. The molecule has 0 unspecified atom stereocenters. The predicted octanol–water partition coefficient (Wildman–Crippen LogP) is 1.79. The van der Waals surface area contributed by atoms with E-state index < -0.39 is 17.6 Å². The zero-order chi connectivity index (χ0) is 16.4. The Labute approximate surface area is 131 Å². The summed E-state index contributed by atoms with van der Waals surface area (Å²) in [6.07, 6.45) is 2.20. The number of aliphatic carboxylic acids is 1. The fraction of sp³-hybridized carbons (Fsp3) is 0.312. The zero-order valence-corrected chi connectivity index (χ0v) is 12.3. The van der Waals surface area contributed by atoms with Crippen LogP contribution >= 0.6 is 0 Å². The summed E-state index contributed by atoms with van der Waals surface area (Å²) in [6.45, 7) is 1.03. The van der Waals surface area contributed by atoms with Gasteiger partial charge in [0.2, 0.25) is 0 Å². The maximum atomic E-state index is 13.7. The smallest absolute Gasteiger partial charge is 0.317 e. The van der Waals surface area contributed by atoms with Gasteiger partial charge in [0.15, 0.2) is 0 Å². The monoisotopic (exact) mass is 319 g/mol. The summed E-state index contributed by atoms with van der Waals surface area (Å²) in [4.78, 5) is 21.1. The fourth-order valence-corrected chi connectivity index (χ4v) is 2.69. The van der Waals surface area contributed by atoms with Gasteiger partial charge >= 0.3 is 5.97 Å². The Kier molecular flexibility index (Phi) is 4.29. The van der Waals surface area contributed by atoms with Crippen molar-refractivity contribution in [3.05, 3.63) is 58.7 Å². The van der Waals surface area contributed by atoms with Gasteiger partial charge in [-0.3, -0.25) is 9.69 Å². The Morgan fingerprint density at radius 3 is 2.74 bits per heavy atom. The summed E-state index contributed by atoms with van der Waals surface area (Å²) < 4.78 is 27.4. The van der Waals surface area contributed by atoms with Gasteiger partial charge in [-0.05, 0) is 12.1 Å². The molecule has 120 valence electrons. The maximum absolute atomic E-state index is 13.7. The normalized spacial score (nSPS) is 14.5. The topological polar surface area (TPSA) is 66.3 Å². The molecule has 0 amide bonds. The average Bonchev–Trinajstić information content (AvgIpc) is 2.50. The van der Waals surface area contributed by atoms with Crippen LogP contribution in [0.2, 0.25) is 0 Å². The van der Waals surface area contributed by atoms with Crippen LogP contribution in [0, 0.1) is 11.6 Å². The molecule has 1 aromatic heterocycles. The highest BCUT2D eigenvalue weighted by molar-refractivity contribution is 5.69. The molecule has 0 saturated carbocycles. The molecule has 7 heteroatoms. The quantitative estimate of drug-likeness (QED) is 0.931. The van der Waals surface area contributed by atoms with E-state index in [9.17, 15) is 13.6 Å². The van der Waals surface area contributed by atoms with E-state index >= 15 is 0 Å². The largest absolute Gasteiger partial charge is 0.480 e. The molecule has 0 saturated heterocycles. The molecule has 23 heavy (non-hydrogen) atoms. The number of nitrogens with zero attached hydrogens (tertiary/aromatic N) is 3. The first-order chi connectivity index (χ1) is 11.0. The summed E-state index contributed by atoms with van der Waals surface area (Å²) in [5.41, 5.74) is 1.62. The number of carbonyl (C=O) groups is 1. The highest BCUT2D eigenvalue weighted by Gasteiger charge is 2.20. The van der Waals surface area contributed by atoms with E-state index in [2.05, 4.69) is 9.97 Å². The molecular formula is C16H15F2N3O2. The molecule has 2 heterocycles. The second-order valence-electron chi connectivity index (χ2n) is 5.49. The summed E-state index contributed by atoms with van der Waals surface area (Å²) in [6, 6.07) is 3.74. The van der Waals surface area contributed by atoms with Crippen molar-refractivity contribution in [3.63, 3.8) is 0 Å². The van der Waals surface area contributed by atoms with Gasteiger partial charge in [-0.15, -0.1) is 0 Å². The Hall–Kier alpha value is -2.41. The lowest BCUT2D eigenvalue weighted by Gasteiger charge is -2.26. The molecule has 1 aliphatic heterocycles. The Balaban J connectivity index is 1.79. The van der Waals surface area contributed by atoms with Gasteiger partial charge in [0.1, 0.15) is 17.5 Å². The minimum absolute atomic E-state index is 0.00930. The summed E-state index contributed by atoms with van der Waals surface area (Å²) in [5, 5.41) is 8.83. The number of halogens is 2. The summed E-state index contributed by atoms with van der Waals surface area (Å²) in [5.74, 6) is -1.74. The number of carboxylic acid groups (broad SMARTS) is 1. The van der Waals surface area contributed by atoms with E-state index in [1.807, 2.05) is 0 Å². The molecule has 2 aromatic rings. The van der Waals surface area contributed by atoms with Crippen molar-refractivity contribution in [3.8, 4) is 0 Å². The molecule has 0 fully saturated rings. The van der Waals surface area contributed by atoms with Crippen LogP contribution in [-0.2, 0) is 24.2 Å². The van der Waals surface area contributed by atoms with E-state index in [0.717, 1.165) is 11.3 Å². The first-order valence-electron chi connectivity index (χ1n) is 7.23. The predicted molar refractivity (Wildman–Crippen MR) is 77.8 cm³/mol. The summed E-state index contributed by atoms with van der Waals surface area (Å²) >= 11 is 0. The second-order valence-corrected chi connectivity index (χ2v) is 5.49. The van der Waals surface area contributed by atoms with Gasteiger partial charge in [-0.1, -0.05) is 6.07 Å². The molecule has 1 aliphatic rings. The van der Waals surface area contributed by atoms with E-state index in [4.69, 9.17) is 5.11 Å². The molecule has 3 rings (SSSR count). The van der Waals surface area contributed by atoms with Crippen LogP contribution in [0.25, 0.3) is 0 Å². The van der Waals surface area contributed by atoms with Crippen LogP contribution in [0.5, 0.6) is 0 Å². The number of rotatable bonds is 4. The maximum Gasteiger partial charge on any atom is 0.317 e. The molecule has 1 N–H and O–H groups in total. The minimum atomic E-state index is -0.874. The standard InChI is InChI=1S/C16H15F2N3O2/c17-12-2-1-3-13(18)11(12)6-15-19-7-10-8-21(9-16(22)23)5-4-14(10)20-15/h1-3,7H,4-6,8-9H2,(H,22,23). The Bertz CT molecular complexity index is 732. The van der Waals surface area contributed by atoms with Gasteiger partial charge in [-0.25, -0.2) is 18.7 Å². The van der Waals surface area contributed by atoms with E-state index in [-0.39, 0.29) is 18.5 Å². The lowest BCUT2D eigenvalue weighted by atomic mass is 10.1. The van der Waals surface area contributed by atoms with Crippen LogP contribution < -0.4 is 0 Å². The van der Waals surface area contributed by atoms with Gasteiger partial charge in [0.25, 0.3) is 0 Å². The third-order valence-corrected chi connectivity index (χ3v) is 3.82. The Morgan fingerprint density at radius 1 is 1.30 bits per heavy atom. The third-order valence-electron chi connectivity index (χ3n) is 3.82. The zero-order valence-electron chi connectivity index (χ0n) is 12.3. The first kappa shape index (κ1) is 15.5. The number of hydrogen-bond donors (Lipinski definition) is 1. The van der Waals surface area contributed by atoms with Gasteiger partial charge in [0.05, 0.1) is 6.54 Å². The lowest BCUT2D eigenvalue weighted by molar-refractivity contribution is -0.138. The highest BCUT2D eigenvalue weighted by Crippen LogP contribution is 2.19.